The molecule has 0 unspecified atom stereocenters. The number of urea groups is 1. The van der Waals surface area contributed by atoms with Gasteiger partial charge in [-0.15, -0.1) is 0 Å². The van der Waals surface area contributed by atoms with Crippen LogP contribution in [0.3, 0.4) is 0 Å². The third-order valence-electron chi connectivity index (χ3n) is 6.19. The zero-order valence-corrected chi connectivity index (χ0v) is 17.3. The number of carbonyl (C=O) groups excluding carboxylic acids is 4. The predicted molar refractivity (Wildman–Crippen MR) is 114 cm³/mol. The molecule has 2 N–H and O–H groups in total. The highest BCUT2D eigenvalue weighted by atomic mass is 16.5. The summed E-state index contributed by atoms with van der Waals surface area (Å²) in [5.74, 6) is -1.69. The number of nitrogens with one attached hydrogen (secondary N) is 2. The Morgan fingerprint density at radius 1 is 1.16 bits per heavy atom. The van der Waals surface area contributed by atoms with E-state index in [2.05, 4.69) is 10.6 Å². The molecule has 2 aliphatic rings. The molecule has 1 spiro atoms. The number of rotatable bonds is 5. The van der Waals surface area contributed by atoms with Gasteiger partial charge in [0.2, 0.25) is 0 Å². The van der Waals surface area contributed by atoms with E-state index in [1.165, 1.54) is 0 Å². The molecule has 2 atom stereocenters. The summed E-state index contributed by atoms with van der Waals surface area (Å²) < 4.78 is 5.00. The first-order chi connectivity index (χ1) is 14.9. The number of imide groups is 1. The monoisotopic (exact) mass is 423 g/mol. The van der Waals surface area contributed by atoms with Crippen LogP contribution in [0.2, 0.25) is 0 Å². The average molecular weight is 423 g/mol. The lowest BCUT2D eigenvalue weighted by molar-refractivity contribution is -0.150. The van der Waals surface area contributed by atoms with Crippen LogP contribution in [0.15, 0.2) is 42.5 Å². The van der Waals surface area contributed by atoms with Crippen LogP contribution in [-0.4, -0.2) is 47.4 Å². The Kier molecular flexibility index (Phi) is 5.63. The maximum absolute atomic E-state index is 12.9. The molecule has 162 valence electrons. The van der Waals surface area contributed by atoms with Crippen molar-refractivity contribution in [3.05, 3.63) is 42.5 Å². The number of esters is 1. The number of hydrogen-bond donors (Lipinski definition) is 2. The zero-order valence-electron chi connectivity index (χ0n) is 17.3. The van der Waals surface area contributed by atoms with Crippen molar-refractivity contribution in [3.63, 3.8) is 0 Å². The van der Waals surface area contributed by atoms with Crippen molar-refractivity contribution in [3.8, 4) is 0 Å². The SMILES string of the molecule is C[C@@H]1CCCC[C@]12NC(=O)N(CC(=O)OCC(=O)Nc1ccc3ccccc3c1)C2=O. The number of anilines is 1. The lowest BCUT2D eigenvalue weighted by Crippen LogP contribution is -2.54. The Balaban J connectivity index is 1.31. The third-order valence-corrected chi connectivity index (χ3v) is 6.19. The quantitative estimate of drug-likeness (QED) is 0.568. The molecule has 0 radical (unpaired) electrons. The molecule has 4 amide bonds. The molecule has 8 nitrogen and oxygen atoms in total. The van der Waals surface area contributed by atoms with Gasteiger partial charge in [0.15, 0.2) is 6.61 Å². The molecule has 2 aromatic rings. The van der Waals surface area contributed by atoms with Crippen molar-refractivity contribution in [1.29, 1.82) is 0 Å². The fourth-order valence-electron chi connectivity index (χ4n) is 4.42. The van der Waals surface area contributed by atoms with E-state index in [1.807, 2.05) is 43.3 Å². The fourth-order valence-corrected chi connectivity index (χ4v) is 4.42. The van der Waals surface area contributed by atoms with E-state index < -0.39 is 36.6 Å². The number of fused-ring (bicyclic) bond motifs is 1. The second-order valence-electron chi connectivity index (χ2n) is 8.21. The van der Waals surface area contributed by atoms with E-state index in [9.17, 15) is 19.2 Å². The van der Waals surface area contributed by atoms with Crippen LogP contribution in [-0.2, 0) is 19.1 Å². The van der Waals surface area contributed by atoms with Crippen molar-refractivity contribution >= 4 is 40.3 Å². The van der Waals surface area contributed by atoms with Gasteiger partial charge >= 0.3 is 12.0 Å². The molecule has 1 aliphatic heterocycles. The Morgan fingerprint density at radius 3 is 2.71 bits per heavy atom. The lowest BCUT2D eigenvalue weighted by Gasteiger charge is -2.36. The molecule has 1 aliphatic carbocycles. The summed E-state index contributed by atoms with van der Waals surface area (Å²) >= 11 is 0. The minimum Gasteiger partial charge on any atom is -0.454 e. The predicted octanol–water partition coefficient (Wildman–Crippen LogP) is 2.82. The van der Waals surface area contributed by atoms with Crippen molar-refractivity contribution in [1.82, 2.24) is 10.2 Å². The number of amides is 4. The van der Waals surface area contributed by atoms with Gasteiger partial charge in [-0.05, 0) is 41.7 Å². The maximum Gasteiger partial charge on any atom is 0.326 e. The van der Waals surface area contributed by atoms with Crippen LogP contribution in [0.4, 0.5) is 10.5 Å². The van der Waals surface area contributed by atoms with E-state index in [-0.39, 0.29) is 11.8 Å². The Labute approximate surface area is 179 Å². The zero-order chi connectivity index (χ0) is 22.0. The topological polar surface area (TPSA) is 105 Å². The van der Waals surface area contributed by atoms with Crippen LogP contribution < -0.4 is 10.6 Å². The molecule has 8 heteroatoms. The van der Waals surface area contributed by atoms with Gasteiger partial charge < -0.3 is 15.4 Å². The minimum absolute atomic E-state index is 0.00597. The molecule has 0 aromatic heterocycles. The van der Waals surface area contributed by atoms with Gasteiger partial charge in [0.1, 0.15) is 12.1 Å². The van der Waals surface area contributed by atoms with E-state index in [0.717, 1.165) is 34.9 Å². The first kappa shape index (κ1) is 20.8. The summed E-state index contributed by atoms with van der Waals surface area (Å²) in [6.07, 6.45) is 3.28. The van der Waals surface area contributed by atoms with E-state index in [4.69, 9.17) is 4.74 Å². The lowest BCUT2D eigenvalue weighted by atomic mass is 9.73. The number of hydrogen-bond acceptors (Lipinski definition) is 5. The highest BCUT2D eigenvalue weighted by Gasteiger charge is 2.55. The molecule has 2 fully saturated rings. The molecule has 1 saturated heterocycles. The summed E-state index contributed by atoms with van der Waals surface area (Å²) in [5, 5.41) is 7.48. The summed E-state index contributed by atoms with van der Waals surface area (Å²) in [7, 11) is 0. The minimum atomic E-state index is -0.928. The standard InChI is InChI=1S/C23H25N3O5/c1-15-6-4-5-11-23(15)21(29)26(22(30)25-23)13-20(28)31-14-19(27)24-18-10-9-16-7-2-3-8-17(16)12-18/h2-3,7-10,12,15H,4-6,11,13-14H2,1H3,(H,24,27)(H,25,30)/t15-,23+/m1/s1. The van der Waals surface area contributed by atoms with Gasteiger partial charge in [0.05, 0.1) is 0 Å². The summed E-state index contributed by atoms with van der Waals surface area (Å²) in [6.45, 7) is 0.926. The van der Waals surface area contributed by atoms with Crippen molar-refractivity contribution in [2.75, 3.05) is 18.5 Å². The van der Waals surface area contributed by atoms with Gasteiger partial charge in [-0.1, -0.05) is 50.1 Å². The highest BCUT2D eigenvalue weighted by Crippen LogP contribution is 2.38. The van der Waals surface area contributed by atoms with Gasteiger partial charge in [-0.3, -0.25) is 19.3 Å². The Hall–Kier alpha value is -3.42. The molecule has 1 heterocycles. The van der Waals surface area contributed by atoms with Gasteiger partial charge in [-0.2, -0.15) is 0 Å². The molecule has 0 bridgehead atoms. The van der Waals surface area contributed by atoms with E-state index in [1.54, 1.807) is 6.07 Å². The van der Waals surface area contributed by atoms with Gasteiger partial charge in [0, 0.05) is 5.69 Å². The molecule has 4 rings (SSSR count). The molecular formula is C23H25N3O5. The highest BCUT2D eigenvalue weighted by molar-refractivity contribution is 6.09. The average Bonchev–Trinajstić information content (AvgIpc) is 2.99. The second kappa shape index (κ2) is 8.37. The number of ether oxygens (including phenoxy) is 1. The van der Waals surface area contributed by atoms with Crippen molar-refractivity contribution < 1.29 is 23.9 Å². The van der Waals surface area contributed by atoms with Crippen LogP contribution in [0.25, 0.3) is 10.8 Å². The number of nitrogens with zero attached hydrogens (tertiary/aromatic N) is 1. The molecular weight excluding hydrogens is 398 g/mol. The summed E-state index contributed by atoms with van der Waals surface area (Å²) in [4.78, 5) is 50.5. The van der Waals surface area contributed by atoms with Crippen LogP contribution in [0.5, 0.6) is 0 Å². The van der Waals surface area contributed by atoms with Gasteiger partial charge in [-0.25, -0.2) is 4.79 Å². The van der Waals surface area contributed by atoms with Crippen LogP contribution >= 0.6 is 0 Å². The van der Waals surface area contributed by atoms with E-state index >= 15 is 0 Å². The Bertz CT molecular complexity index is 1050. The largest absolute Gasteiger partial charge is 0.454 e. The maximum atomic E-state index is 12.9. The van der Waals surface area contributed by atoms with Crippen molar-refractivity contribution in [2.45, 2.75) is 38.1 Å². The van der Waals surface area contributed by atoms with Crippen LogP contribution in [0.1, 0.15) is 32.6 Å². The second-order valence-corrected chi connectivity index (χ2v) is 8.21. The van der Waals surface area contributed by atoms with Crippen molar-refractivity contribution in [2.24, 2.45) is 5.92 Å². The molecule has 1 saturated carbocycles. The smallest absolute Gasteiger partial charge is 0.326 e. The molecule has 31 heavy (non-hydrogen) atoms. The first-order valence-electron chi connectivity index (χ1n) is 10.5. The van der Waals surface area contributed by atoms with Gasteiger partial charge in [0.25, 0.3) is 11.8 Å². The fraction of sp³-hybridized carbons (Fsp3) is 0.391. The summed E-state index contributed by atoms with van der Waals surface area (Å²) in [6, 6.07) is 12.6. The molecule has 2 aromatic carbocycles. The number of carbonyl (C=O) groups is 4. The summed E-state index contributed by atoms with van der Waals surface area (Å²) in [5.41, 5.74) is -0.342. The first-order valence-corrected chi connectivity index (χ1v) is 10.5. The number of benzene rings is 2. The third kappa shape index (κ3) is 4.10. The Morgan fingerprint density at radius 2 is 1.94 bits per heavy atom. The normalized spacial score (nSPS) is 23.1. The van der Waals surface area contributed by atoms with Crippen LogP contribution in [0, 0.1) is 5.92 Å². The van der Waals surface area contributed by atoms with E-state index in [0.29, 0.717) is 12.1 Å².